The molecule has 0 fully saturated rings. The molecule has 2 rings (SSSR count). The number of nitrogens with zero attached hydrogens (tertiary/aromatic N) is 2. The van der Waals surface area contributed by atoms with Gasteiger partial charge in [-0.25, -0.2) is 4.98 Å². The van der Waals surface area contributed by atoms with Crippen molar-refractivity contribution in [1.29, 1.82) is 0 Å². The van der Waals surface area contributed by atoms with E-state index in [0.29, 0.717) is 5.82 Å². The fourth-order valence-corrected chi connectivity index (χ4v) is 1.68. The van der Waals surface area contributed by atoms with Crippen LogP contribution in [0.3, 0.4) is 0 Å². The average Bonchev–Trinajstić information content (AvgIpc) is 2.27. The monoisotopic (exact) mass is 243 g/mol. The van der Waals surface area contributed by atoms with Crippen LogP contribution in [0.25, 0.3) is 11.4 Å². The van der Waals surface area contributed by atoms with E-state index in [0.717, 1.165) is 16.8 Å². The van der Waals surface area contributed by atoms with Gasteiger partial charge in [-0.3, -0.25) is 9.78 Å². The lowest BCUT2D eigenvalue weighted by Gasteiger charge is -2.18. The summed E-state index contributed by atoms with van der Waals surface area (Å²) >= 11 is 0. The minimum atomic E-state index is -0.154. The quantitative estimate of drug-likeness (QED) is 0.836. The summed E-state index contributed by atoms with van der Waals surface area (Å²) in [5.74, 6) is 0.582. The highest BCUT2D eigenvalue weighted by molar-refractivity contribution is 5.58. The summed E-state index contributed by atoms with van der Waals surface area (Å²) in [5, 5.41) is 0. The summed E-state index contributed by atoms with van der Waals surface area (Å²) in [5.41, 5.74) is 2.40. The zero-order valence-corrected chi connectivity index (χ0v) is 11.1. The molecule has 0 saturated carbocycles. The van der Waals surface area contributed by atoms with Crippen LogP contribution < -0.4 is 5.56 Å². The Kier molecular flexibility index (Phi) is 3.03. The molecule has 0 aliphatic heterocycles. The first-order chi connectivity index (χ1) is 8.38. The number of H-pyrrole nitrogens is 1. The van der Waals surface area contributed by atoms with Gasteiger partial charge in [-0.2, -0.15) is 0 Å². The highest BCUT2D eigenvalue weighted by Crippen LogP contribution is 2.22. The van der Waals surface area contributed by atoms with Crippen LogP contribution in [-0.4, -0.2) is 15.0 Å². The van der Waals surface area contributed by atoms with E-state index >= 15 is 0 Å². The van der Waals surface area contributed by atoms with Crippen LogP contribution in [-0.2, 0) is 5.41 Å². The molecule has 0 spiro atoms. The molecular weight excluding hydrogens is 226 g/mol. The van der Waals surface area contributed by atoms with Gasteiger partial charge in [0.2, 0.25) is 0 Å². The second kappa shape index (κ2) is 4.37. The Hall–Kier alpha value is -1.97. The number of aromatic amines is 1. The zero-order chi connectivity index (χ0) is 13.3. The molecule has 18 heavy (non-hydrogen) atoms. The number of aromatic nitrogens is 3. The summed E-state index contributed by atoms with van der Waals surface area (Å²) in [6, 6.07) is 3.45. The lowest BCUT2D eigenvalue weighted by atomic mass is 9.92. The summed E-state index contributed by atoms with van der Waals surface area (Å²) in [6.45, 7) is 8.08. The van der Waals surface area contributed by atoms with Crippen LogP contribution in [0.2, 0.25) is 0 Å². The number of nitrogens with one attached hydrogen (secondary N) is 1. The Morgan fingerprint density at radius 2 is 2.00 bits per heavy atom. The minimum absolute atomic E-state index is 0.131. The summed E-state index contributed by atoms with van der Waals surface area (Å²) in [6.07, 6.45) is 3.45. The van der Waals surface area contributed by atoms with Crippen molar-refractivity contribution >= 4 is 0 Å². The number of pyridine rings is 1. The number of aryl methyl sites for hydroxylation is 1. The molecular formula is C14H17N3O. The highest BCUT2D eigenvalue weighted by Gasteiger charge is 2.17. The van der Waals surface area contributed by atoms with E-state index in [9.17, 15) is 4.79 Å². The first-order valence-corrected chi connectivity index (χ1v) is 5.91. The van der Waals surface area contributed by atoms with E-state index in [4.69, 9.17) is 0 Å². The smallest absolute Gasteiger partial charge is 0.251 e. The van der Waals surface area contributed by atoms with Gasteiger partial charge in [0, 0.05) is 29.4 Å². The molecule has 0 atom stereocenters. The number of hydrogen-bond acceptors (Lipinski definition) is 3. The molecule has 2 aromatic rings. The van der Waals surface area contributed by atoms with Gasteiger partial charge < -0.3 is 4.98 Å². The van der Waals surface area contributed by atoms with E-state index in [1.807, 2.05) is 33.8 Å². The molecule has 0 saturated heterocycles. The van der Waals surface area contributed by atoms with Gasteiger partial charge in [0.05, 0.1) is 5.69 Å². The van der Waals surface area contributed by atoms with Crippen molar-refractivity contribution in [3.8, 4) is 11.4 Å². The van der Waals surface area contributed by atoms with Crippen molar-refractivity contribution in [2.45, 2.75) is 33.1 Å². The van der Waals surface area contributed by atoms with E-state index in [2.05, 4.69) is 15.0 Å². The second-order valence-corrected chi connectivity index (χ2v) is 5.42. The molecule has 4 nitrogen and oxygen atoms in total. The fraction of sp³-hybridized carbons (Fsp3) is 0.357. The first-order valence-electron chi connectivity index (χ1n) is 5.91. The van der Waals surface area contributed by atoms with Gasteiger partial charge in [0.15, 0.2) is 0 Å². The molecule has 4 heteroatoms. The topological polar surface area (TPSA) is 58.6 Å². The van der Waals surface area contributed by atoms with Crippen molar-refractivity contribution in [1.82, 2.24) is 15.0 Å². The maximum atomic E-state index is 11.7. The van der Waals surface area contributed by atoms with Crippen LogP contribution in [0.1, 0.15) is 32.0 Å². The second-order valence-electron chi connectivity index (χ2n) is 5.42. The molecule has 94 valence electrons. The van der Waals surface area contributed by atoms with Crippen LogP contribution in [0.5, 0.6) is 0 Å². The summed E-state index contributed by atoms with van der Waals surface area (Å²) in [7, 11) is 0. The molecule has 0 aliphatic carbocycles. The summed E-state index contributed by atoms with van der Waals surface area (Å²) < 4.78 is 0. The molecule has 0 unspecified atom stereocenters. The molecule has 0 radical (unpaired) electrons. The van der Waals surface area contributed by atoms with Crippen LogP contribution in [0.4, 0.5) is 0 Å². The third kappa shape index (κ3) is 2.47. The molecule has 1 N–H and O–H groups in total. The highest BCUT2D eigenvalue weighted by atomic mass is 16.1. The van der Waals surface area contributed by atoms with Gasteiger partial charge in [0.25, 0.3) is 5.56 Å². The SMILES string of the molecule is Cc1ccncc1-c1nc(C(C)(C)C)cc(=O)[nH]1. The minimum Gasteiger partial charge on any atom is -0.306 e. The predicted octanol–water partition coefficient (Wildman–Crippen LogP) is 2.44. The van der Waals surface area contributed by atoms with Gasteiger partial charge in [0.1, 0.15) is 5.82 Å². The predicted molar refractivity (Wildman–Crippen MR) is 71.5 cm³/mol. The normalized spacial score (nSPS) is 11.6. The third-order valence-electron chi connectivity index (χ3n) is 2.80. The Morgan fingerprint density at radius 1 is 1.28 bits per heavy atom. The maximum absolute atomic E-state index is 11.7. The van der Waals surface area contributed by atoms with E-state index in [1.165, 1.54) is 0 Å². The lowest BCUT2D eigenvalue weighted by molar-refractivity contribution is 0.566. The van der Waals surface area contributed by atoms with E-state index in [-0.39, 0.29) is 11.0 Å². The third-order valence-corrected chi connectivity index (χ3v) is 2.80. The maximum Gasteiger partial charge on any atom is 0.251 e. The van der Waals surface area contributed by atoms with Crippen molar-refractivity contribution in [3.05, 3.63) is 46.1 Å². The van der Waals surface area contributed by atoms with Crippen molar-refractivity contribution in [3.63, 3.8) is 0 Å². The molecule has 0 amide bonds. The molecule has 2 aromatic heterocycles. The van der Waals surface area contributed by atoms with E-state index in [1.54, 1.807) is 18.5 Å². The zero-order valence-electron chi connectivity index (χ0n) is 11.1. The lowest BCUT2D eigenvalue weighted by Crippen LogP contribution is -2.20. The van der Waals surface area contributed by atoms with Crippen molar-refractivity contribution in [2.75, 3.05) is 0 Å². The first kappa shape index (κ1) is 12.5. The average molecular weight is 243 g/mol. The standard InChI is InChI=1S/C14H17N3O/c1-9-5-6-15-8-10(9)13-16-11(14(2,3)4)7-12(18)17-13/h5-8H,1-4H3,(H,16,17,18). The van der Waals surface area contributed by atoms with Gasteiger partial charge in [-0.05, 0) is 18.6 Å². The van der Waals surface area contributed by atoms with Crippen molar-refractivity contribution < 1.29 is 0 Å². The Balaban J connectivity index is 2.63. The number of rotatable bonds is 1. The molecule has 0 bridgehead atoms. The van der Waals surface area contributed by atoms with Crippen molar-refractivity contribution in [2.24, 2.45) is 0 Å². The van der Waals surface area contributed by atoms with Crippen LogP contribution in [0.15, 0.2) is 29.3 Å². The van der Waals surface area contributed by atoms with Gasteiger partial charge in [-0.15, -0.1) is 0 Å². The van der Waals surface area contributed by atoms with Gasteiger partial charge >= 0.3 is 0 Å². The molecule has 0 aliphatic rings. The Bertz CT molecular complexity index is 623. The largest absolute Gasteiger partial charge is 0.306 e. The fourth-order valence-electron chi connectivity index (χ4n) is 1.68. The van der Waals surface area contributed by atoms with Crippen LogP contribution in [0, 0.1) is 6.92 Å². The Morgan fingerprint density at radius 3 is 2.61 bits per heavy atom. The molecule has 2 heterocycles. The number of hydrogen-bond donors (Lipinski definition) is 1. The van der Waals surface area contributed by atoms with Crippen LogP contribution >= 0.6 is 0 Å². The van der Waals surface area contributed by atoms with Gasteiger partial charge in [-0.1, -0.05) is 20.8 Å². The Labute approximate surface area is 106 Å². The van der Waals surface area contributed by atoms with E-state index < -0.39 is 0 Å². The molecule has 0 aromatic carbocycles. The summed E-state index contributed by atoms with van der Waals surface area (Å²) in [4.78, 5) is 23.1.